The minimum atomic E-state index is -1.01. The quantitative estimate of drug-likeness (QED) is 0.295. The zero-order chi connectivity index (χ0) is 14.9. The molecule has 1 unspecified atom stereocenters. The van der Waals surface area contributed by atoms with Gasteiger partial charge in [-0.05, 0) is 13.3 Å². The van der Waals surface area contributed by atoms with Gasteiger partial charge in [-0.2, -0.15) is 0 Å². The number of nitrogens with zero attached hydrogens (tertiary/aromatic N) is 2. The molecule has 2 N–H and O–H groups in total. The predicted octanol–water partition coefficient (Wildman–Crippen LogP) is -0.845. The Balaban J connectivity index is 2.38. The number of nitrogens with one attached hydrogen (secondary N) is 2. The molecule has 2 rings (SSSR count). The molecule has 0 spiro atoms. The Labute approximate surface area is 114 Å². The van der Waals surface area contributed by atoms with Gasteiger partial charge in [-0.3, -0.25) is 34.8 Å². The van der Waals surface area contributed by atoms with Crippen LogP contribution in [0.15, 0.2) is 16.6 Å². The third-order valence-corrected chi connectivity index (χ3v) is 3.13. The Kier molecular flexibility index (Phi) is 3.55. The minimum absolute atomic E-state index is 0.0585. The summed E-state index contributed by atoms with van der Waals surface area (Å²) in [5.74, 6) is -2.45. The molecule has 0 aliphatic carbocycles. The van der Waals surface area contributed by atoms with Crippen molar-refractivity contribution < 1.29 is 19.2 Å². The largest absolute Gasteiger partial charge is 0.295 e. The molecule has 0 aromatic rings. The first-order valence-corrected chi connectivity index (χ1v) is 5.96. The van der Waals surface area contributed by atoms with Crippen LogP contribution in [-0.2, 0) is 19.2 Å². The van der Waals surface area contributed by atoms with Crippen molar-refractivity contribution in [3.63, 3.8) is 0 Å². The Morgan fingerprint density at radius 3 is 2.55 bits per heavy atom. The maximum atomic E-state index is 12.2. The van der Waals surface area contributed by atoms with E-state index in [0.717, 1.165) is 4.90 Å². The fraction of sp³-hybridized carbons (Fsp3) is 0.333. The summed E-state index contributed by atoms with van der Waals surface area (Å²) in [6.45, 7) is 1.56. The van der Waals surface area contributed by atoms with Crippen LogP contribution in [0.3, 0.4) is 0 Å². The summed E-state index contributed by atoms with van der Waals surface area (Å²) in [7, 11) is 0. The topological polar surface area (TPSA) is 120 Å². The molecule has 2 aliphatic rings. The van der Waals surface area contributed by atoms with Gasteiger partial charge in [-0.15, -0.1) is 0 Å². The lowest BCUT2D eigenvalue weighted by atomic mass is 10.0. The number of hydrogen-bond acceptors (Lipinski definition) is 5. The van der Waals surface area contributed by atoms with E-state index in [-0.39, 0.29) is 24.1 Å². The SMILES string of the molecule is C/C=C1/C(=O)N(C2CCC(=O)NC2=O)C(=O)/C1=N/C=N. The second-order valence-electron chi connectivity index (χ2n) is 4.26. The molecule has 2 aliphatic heterocycles. The van der Waals surface area contributed by atoms with Crippen molar-refractivity contribution in [1.29, 1.82) is 5.41 Å². The third kappa shape index (κ3) is 2.04. The summed E-state index contributed by atoms with van der Waals surface area (Å²) in [6.07, 6.45) is 2.24. The van der Waals surface area contributed by atoms with Crippen molar-refractivity contribution in [2.75, 3.05) is 0 Å². The summed E-state index contributed by atoms with van der Waals surface area (Å²) >= 11 is 0. The lowest BCUT2D eigenvalue weighted by molar-refractivity contribution is -0.148. The first-order valence-electron chi connectivity index (χ1n) is 5.96. The van der Waals surface area contributed by atoms with Crippen LogP contribution in [0.2, 0.25) is 0 Å². The molecule has 104 valence electrons. The average molecular weight is 276 g/mol. The first-order chi connectivity index (χ1) is 9.51. The second kappa shape index (κ2) is 5.16. The van der Waals surface area contributed by atoms with E-state index >= 15 is 0 Å². The number of amides is 4. The van der Waals surface area contributed by atoms with Gasteiger partial charge in [0.2, 0.25) is 11.8 Å². The number of imide groups is 2. The van der Waals surface area contributed by atoms with Crippen molar-refractivity contribution in [1.82, 2.24) is 10.2 Å². The normalized spacial score (nSPS) is 27.4. The Morgan fingerprint density at radius 1 is 1.30 bits per heavy atom. The van der Waals surface area contributed by atoms with Gasteiger partial charge in [0.25, 0.3) is 11.8 Å². The molecule has 2 fully saturated rings. The highest BCUT2D eigenvalue weighted by atomic mass is 16.2. The maximum Gasteiger partial charge on any atom is 0.280 e. The monoisotopic (exact) mass is 276 g/mol. The van der Waals surface area contributed by atoms with Crippen LogP contribution in [-0.4, -0.2) is 46.6 Å². The van der Waals surface area contributed by atoms with Crippen molar-refractivity contribution in [3.8, 4) is 0 Å². The number of allylic oxidation sites excluding steroid dienone is 1. The highest BCUT2D eigenvalue weighted by Crippen LogP contribution is 2.23. The van der Waals surface area contributed by atoms with Gasteiger partial charge >= 0.3 is 0 Å². The van der Waals surface area contributed by atoms with Gasteiger partial charge in [0.15, 0.2) is 0 Å². The zero-order valence-corrected chi connectivity index (χ0v) is 10.7. The number of rotatable bonds is 2. The molecule has 0 bridgehead atoms. The summed E-state index contributed by atoms with van der Waals surface area (Å²) in [5, 5.41) is 9.02. The van der Waals surface area contributed by atoms with Crippen LogP contribution in [0.5, 0.6) is 0 Å². The highest BCUT2D eigenvalue weighted by Gasteiger charge is 2.47. The van der Waals surface area contributed by atoms with Crippen LogP contribution >= 0.6 is 0 Å². The van der Waals surface area contributed by atoms with Crippen molar-refractivity contribution in [2.45, 2.75) is 25.8 Å². The van der Waals surface area contributed by atoms with Gasteiger partial charge in [-0.1, -0.05) is 6.08 Å². The van der Waals surface area contributed by atoms with Crippen LogP contribution < -0.4 is 5.32 Å². The molecule has 0 saturated carbocycles. The van der Waals surface area contributed by atoms with Crippen LogP contribution in [0, 0.1) is 5.41 Å². The maximum absolute atomic E-state index is 12.2. The smallest absolute Gasteiger partial charge is 0.280 e. The van der Waals surface area contributed by atoms with Crippen molar-refractivity contribution in [2.24, 2.45) is 4.99 Å². The van der Waals surface area contributed by atoms with Crippen molar-refractivity contribution in [3.05, 3.63) is 11.6 Å². The van der Waals surface area contributed by atoms with Gasteiger partial charge in [0.05, 0.1) is 5.57 Å². The van der Waals surface area contributed by atoms with E-state index in [4.69, 9.17) is 5.41 Å². The summed E-state index contributed by atoms with van der Waals surface area (Å²) in [5.41, 5.74) is -0.0969. The number of carbonyl (C=O) groups is 4. The van der Waals surface area contributed by atoms with Gasteiger partial charge in [0, 0.05) is 6.42 Å². The van der Waals surface area contributed by atoms with E-state index in [1.165, 1.54) is 6.08 Å². The molecular formula is C12H12N4O4. The number of piperidine rings is 1. The fourth-order valence-corrected chi connectivity index (χ4v) is 2.21. The zero-order valence-electron chi connectivity index (χ0n) is 10.7. The molecule has 0 radical (unpaired) electrons. The van der Waals surface area contributed by atoms with E-state index in [1.807, 2.05) is 0 Å². The molecule has 8 nitrogen and oxygen atoms in total. The Bertz CT molecular complexity index is 590. The van der Waals surface area contributed by atoms with E-state index in [9.17, 15) is 19.2 Å². The van der Waals surface area contributed by atoms with Gasteiger partial charge in [-0.25, -0.2) is 4.99 Å². The highest BCUT2D eigenvalue weighted by molar-refractivity contribution is 6.59. The van der Waals surface area contributed by atoms with Crippen molar-refractivity contribution >= 4 is 35.7 Å². The molecule has 0 aromatic carbocycles. The summed E-state index contributed by atoms with van der Waals surface area (Å²) in [6, 6.07) is -1.01. The van der Waals surface area contributed by atoms with E-state index in [2.05, 4.69) is 10.3 Å². The summed E-state index contributed by atoms with van der Waals surface area (Å²) < 4.78 is 0. The molecule has 2 heterocycles. The lowest BCUT2D eigenvalue weighted by Crippen LogP contribution is -2.54. The van der Waals surface area contributed by atoms with E-state index < -0.39 is 29.7 Å². The fourth-order valence-electron chi connectivity index (χ4n) is 2.21. The predicted molar refractivity (Wildman–Crippen MR) is 68.0 cm³/mol. The molecule has 8 heteroatoms. The van der Waals surface area contributed by atoms with Gasteiger partial charge < -0.3 is 0 Å². The van der Waals surface area contributed by atoms with Crippen LogP contribution in [0.25, 0.3) is 0 Å². The van der Waals surface area contributed by atoms with E-state index in [1.54, 1.807) is 6.92 Å². The minimum Gasteiger partial charge on any atom is -0.295 e. The Hall–Kier alpha value is -2.64. The molecule has 1 atom stereocenters. The number of aliphatic imine (C=N–C) groups is 1. The first kappa shape index (κ1) is 13.8. The molecule has 20 heavy (non-hydrogen) atoms. The summed E-state index contributed by atoms with van der Waals surface area (Å²) in [4.78, 5) is 51.6. The van der Waals surface area contributed by atoms with Gasteiger partial charge in [0.1, 0.15) is 18.1 Å². The number of carbonyl (C=O) groups excluding carboxylic acids is 4. The third-order valence-electron chi connectivity index (χ3n) is 3.13. The number of likely N-dealkylation sites (tertiary alicyclic amines) is 1. The average Bonchev–Trinajstić information content (AvgIpc) is 2.63. The molecule has 0 aromatic heterocycles. The lowest BCUT2D eigenvalue weighted by Gasteiger charge is -2.27. The molecule has 2 saturated heterocycles. The second-order valence-corrected chi connectivity index (χ2v) is 4.26. The van der Waals surface area contributed by atoms with Crippen LogP contribution in [0.1, 0.15) is 19.8 Å². The Morgan fingerprint density at radius 2 is 2.00 bits per heavy atom. The van der Waals surface area contributed by atoms with Crippen LogP contribution in [0.4, 0.5) is 0 Å². The number of hydrogen-bond donors (Lipinski definition) is 2. The molecular weight excluding hydrogens is 264 g/mol. The standard InChI is InChI=1S/C12H12N4O4/c1-2-6-9(14-5-13)12(20)16(11(6)19)7-3-4-8(17)15-10(7)18/h2,5,7,13H,3-4H2,1H3,(H,15,17,18)/b6-2+,13-5?,14-9+. The molecule has 4 amide bonds. The van der Waals surface area contributed by atoms with E-state index in [0.29, 0.717) is 6.34 Å².